The average Bonchev–Trinajstić information content (AvgIpc) is 2.30. The standard InChI is InChI=1S/C14H20O2/c15-9-8-11-4-3-5-12(10-11)13-6-1-2-7-14(13)16/h3-5,10,13-16H,1-2,6-9H2. The minimum atomic E-state index is -0.182. The first-order valence-corrected chi connectivity index (χ1v) is 6.19. The minimum absolute atomic E-state index is 0.182. The predicted octanol–water partition coefficient (Wildman–Crippen LogP) is 2.24. The molecule has 0 heterocycles. The maximum absolute atomic E-state index is 9.99. The first-order valence-electron chi connectivity index (χ1n) is 6.19. The normalized spacial score (nSPS) is 25.6. The minimum Gasteiger partial charge on any atom is -0.396 e. The molecule has 1 saturated carbocycles. The van der Waals surface area contributed by atoms with Gasteiger partial charge in [-0.2, -0.15) is 0 Å². The molecule has 2 N–H and O–H groups in total. The third-order valence-electron chi connectivity index (χ3n) is 3.51. The number of hydrogen-bond acceptors (Lipinski definition) is 2. The Kier molecular flexibility index (Phi) is 3.97. The molecule has 2 rings (SSSR count). The molecule has 1 aromatic carbocycles. The van der Waals surface area contributed by atoms with Crippen molar-refractivity contribution in [1.82, 2.24) is 0 Å². The highest BCUT2D eigenvalue weighted by Crippen LogP contribution is 2.33. The third-order valence-corrected chi connectivity index (χ3v) is 3.51. The molecule has 1 aliphatic rings. The van der Waals surface area contributed by atoms with Gasteiger partial charge in [0.15, 0.2) is 0 Å². The first kappa shape index (κ1) is 11.6. The van der Waals surface area contributed by atoms with Crippen molar-refractivity contribution < 1.29 is 10.2 Å². The highest BCUT2D eigenvalue weighted by atomic mass is 16.3. The molecule has 2 heteroatoms. The second-order valence-corrected chi connectivity index (χ2v) is 4.68. The summed E-state index contributed by atoms with van der Waals surface area (Å²) >= 11 is 0. The van der Waals surface area contributed by atoms with Gasteiger partial charge in [-0.15, -0.1) is 0 Å². The molecule has 1 fully saturated rings. The molecule has 0 bridgehead atoms. The van der Waals surface area contributed by atoms with Crippen LogP contribution in [0.1, 0.15) is 42.7 Å². The predicted molar refractivity (Wildman–Crippen MR) is 64.4 cm³/mol. The summed E-state index contributed by atoms with van der Waals surface area (Å²) in [7, 11) is 0. The van der Waals surface area contributed by atoms with Gasteiger partial charge in [0.2, 0.25) is 0 Å². The van der Waals surface area contributed by atoms with E-state index in [1.54, 1.807) is 0 Å². The topological polar surface area (TPSA) is 40.5 Å². The molecule has 0 spiro atoms. The fourth-order valence-corrected chi connectivity index (χ4v) is 2.61. The van der Waals surface area contributed by atoms with Crippen molar-refractivity contribution in [3.8, 4) is 0 Å². The molecule has 2 unspecified atom stereocenters. The molecule has 2 atom stereocenters. The number of aliphatic hydroxyl groups excluding tert-OH is 2. The van der Waals surface area contributed by atoms with Gasteiger partial charge in [-0.25, -0.2) is 0 Å². The highest BCUT2D eigenvalue weighted by Gasteiger charge is 2.24. The van der Waals surface area contributed by atoms with Crippen LogP contribution in [0.15, 0.2) is 24.3 Å². The Morgan fingerprint density at radius 3 is 2.75 bits per heavy atom. The van der Waals surface area contributed by atoms with E-state index in [2.05, 4.69) is 12.1 Å². The van der Waals surface area contributed by atoms with E-state index in [0.717, 1.165) is 24.8 Å². The van der Waals surface area contributed by atoms with Crippen LogP contribution in [-0.2, 0) is 6.42 Å². The molecule has 1 aliphatic carbocycles. The van der Waals surface area contributed by atoms with Gasteiger partial charge in [0.25, 0.3) is 0 Å². The van der Waals surface area contributed by atoms with Crippen molar-refractivity contribution in [2.45, 2.75) is 44.1 Å². The highest BCUT2D eigenvalue weighted by molar-refractivity contribution is 5.27. The lowest BCUT2D eigenvalue weighted by atomic mass is 9.81. The molecular weight excluding hydrogens is 200 g/mol. The van der Waals surface area contributed by atoms with Gasteiger partial charge in [0.1, 0.15) is 0 Å². The largest absolute Gasteiger partial charge is 0.396 e. The van der Waals surface area contributed by atoms with E-state index in [9.17, 15) is 5.11 Å². The van der Waals surface area contributed by atoms with Crippen LogP contribution in [0.4, 0.5) is 0 Å². The summed E-state index contributed by atoms with van der Waals surface area (Å²) in [4.78, 5) is 0. The molecule has 0 amide bonds. The van der Waals surface area contributed by atoms with E-state index in [-0.39, 0.29) is 12.7 Å². The zero-order chi connectivity index (χ0) is 11.4. The molecule has 88 valence electrons. The summed E-state index contributed by atoms with van der Waals surface area (Å²) < 4.78 is 0. The van der Waals surface area contributed by atoms with Crippen LogP contribution in [0.25, 0.3) is 0 Å². The number of hydrogen-bond donors (Lipinski definition) is 2. The first-order chi connectivity index (χ1) is 7.81. The van der Waals surface area contributed by atoms with E-state index in [4.69, 9.17) is 5.11 Å². The molecule has 2 nitrogen and oxygen atoms in total. The molecule has 0 aromatic heterocycles. The SMILES string of the molecule is OCCc1cccc(C2CCCCC2O)c1. The summed E-state index contributed by atoms with van der Waals surface area (Å²) in [6.45, 7) is 0.191. The van der Waals surface area contributed by atoms with Crippen LogP contribution in [0.2, 0.25) is 0 Å². The Hall–Kier alpha value is -0.860. The van der Waals surface area contributed by atoms with Crippen molar-refractivity contribution >= 4 is 0 Å². The van der Waals surface area contributed by atoms with Gasteiger partial charge in [-0.3, -0.25) is 0 Å². The fraction of sp³-hybridized carbons (Fsp3) is 0.571. The number of aliphatic hydroxyl groups is 2. The van der Waals surface area contributed by atoms with Crippen molar-refractivity contribution in [2.24, 2.45) is 0 Å². The Balaban J connectivity index is 2.15. The van der Waals surface area contributed by atoms with Crippen LogP contribution in [-0.4, -0.2) is 22.9 Å². The van der Waals surface area contributed by atoms with Crippen molar-refractivity contribution in [1.29, 1.82) is 0 Å². The van der Waals surface area contributed by atoms with Crippen LogP contribution in [0.5, 0.6) is 0 Å². The van der Waals surface area contributed by atoms with Crippen molar-refractivity contribution in [2.75, 3.05) is 6.61 Å². The summed E-state index contributed by atoms with van der Waals surface area (Å²) in [6.07, 6.45) is 4.90. The van der Waals surface area contributed by atoms with Gasteiger partial charge in [-0.05, 0) is 30.4 Å². The molecule has 1 aromatic rings. The smallest absolute Gasteiger partial charge is 0.0608 e. The summed E-state index contributed by atoms with van der Waals surface area (Å²) in [6, 6.07) is 8.30. The molecule has 0 radical (unpaired) electrons. The Morgan fingerprint density at radius 1 is 1.19 bits per heavy atom. The van der Waals surface area contributed by atoms with E-state index in [1.165, 1.54) is 12.0 Å². The second-order valence-electron chi connectivity index (χ2n) is 4.68. The summed E-state index contributed by atoms with van der Waals surface area (Å²) in [5.41, 5.74) is 2.40. The Morgan fingerprint density at radius 2 is 2.00 bits per heavy atom. The molecule has 0 saturated heterocycles. The van der Waals surface area contributed by atoms with Crippen LogP contribution in [0, 0.1) is 0 Å². The molecule has 0 aliphatic heterocycles. The van der Waals surface area contributed by atoms with Crippen LogP contribution < -0.4 is 0 Å². The maximum atomic E-state index is 9.99. The quantitative estimate of drug-likeness (QED) is 0.820. The molecule has 16 heavy (non-hydrogen) atoms. The Bertz CT molecular complexity index is 335. The number of rotatable bonds is 3. The number of benzene rings is 1. The van der Waals surface area contributed by atoms with Gasteiger partial charge in [-0.1, -0.05) is 37.1 Å². The second kappa shape index (κ2) is 5.46. The molecular formula is C14H20O2. The van der Waals surface area contributed by atoms with Gasteiger partial charge in [0, 0.05) is 12.5 Å². The summed E-state index contributed by atoms with van der Waals surface area (Å²) in [5, 5.41) is 18.9. The summed E-state index contributed by atoms with van der Waals surface area (Å²) in [5.74, 6) is 0.299. The lowest BCUT2D eigenvalue weighted by molar-refractivity contribution is 0.106. The zero-order valence-corrected chi connectivity index (χ0v) is 9.60. The lowest BCUT2D eigenvalue weighted by Crippen LogP contribution is -2.22. The van der Waals surface area contributed by atoms with Gasteiger partial charge < -0.3 is 10.2 Å². The van der Waals surface area contributed by atoms with E-state index in [0.29, 0.717) is 12.3 Å². The van der Waals surface area contributed by atoms with Crippen molar-refractivity contribution in [3.05, 3.63) is 35.4 Å². The maximum Gasteiger partial charge on any atom is 0.0608 e. The lowest BCUT2D eigenvalue weighted by Gasteiger charge is -2.28. The zero-order valence-electron chi connectivity index (χ0n) is 9.60. The van der Waals surface area contributed by atoms with Crippen molar-refractivity contribution in [3.63, 3.8) is 0 Å². The van der Waals surface area contributed by atoms with Gasteiger partial charge >= 0.3 is 0 Å². The van der Waals surface area contributed by atoms with Crippen LogP contribution >= 0.6 is 0 Å². The third kappa shape index (κ3) is 2.63. The van der Waals surface area contributed by atoms with Gasteiger partial charge in [0.05, 0.1) is 6.10 Å². The monoisotopic (exact) mass is 220 g/mol. The van der Waals surface area contributed by atoms with E-state index >= 15 is 0 Å². The Labute approximate surface area is 96.9 Å². The van der Waals surface area contributed by atoms with Crippen LogP contribution in [0.3, 0.4) is 0 Å². The average molecular weight is 220 g/mol. The fourth-order valence-electron chi connectivity index (χ4n) is 2.61. The van der Waals surface area contributed by atoms with E-state index < -0.39 is 0 Å². The van der Waals surface area contributed by atoms with E-state index in [1.807, 2.05) is 12.1 Å².